The molecule has 1 unspecified atom stereocenters. The second-order valence-electron chi connectivity index (χ2n) is 4.40. The van der Waals surface area contributed by atoms with Crippen LogP contribution in [0.4, 0.5) is 18.9 Å². The molecule has 0 aliphatic carbocycles. The quantitative estimate of drug-likeness (QED) is 0.893. The summed E-state index contributed by atoms with van der Waals surface area (Å²) in [6.07, 6.45) is -2.02. The fraction of sp³-hybridized carbons (Fsp3) is 0.286. The molecule has 1 N–H and O–H groups in total. The molecule has 1 heterocycles. The Morgan fingerprint density at radius 2 is 1.84 bits per heavy atom. The fourth-order valence-corrected chi connectivity index (χ4v) is 1.82. The van der Waals surface area contributed by atoms with E-state index in [4.69, 9.17) is 4.42 Å². The van der Waals surface area contributed by atoms with Crippen LogP contribution in [0, 0.1) is 0 Å². The summed E-state index contributed by atoms with van der Waals surface area (Å²) < 4.78 is 42.4. The summed E-state index contributed by atoms with van der Waals surface area (Å²) in [5.41, 5.74) is 0.0174. The van der Waals surface area contributed by atoms with Gasteiger partial charge in [0, 0.05) is 18.2 Å². The van der Waals surface area contributed by atoms with Crippen LogP contribution >= 0.6 is 0 Å². The summed E-state index contributed by atoms with van der Waals surface area (Å²) in [5, 5.41) is 3.13. The van der Waals surface area contributed by atoms with E-state index < -0.39 is 11.7 Å². The zero-order valence-electron chi connectivity index (χ0n) is 10.4. The lowest BCUT2D eigenvalue weighted by Gasteiger charge is -2.15. The van der Waals surface area contributed by atoms with Crippen LogP contribution < -0.4 is 5.32 Å². The van der Waals surface area contributed by atoms with Gasteiger partial charge in [-0.3, -0.25) is 0 Å². The summed E-state index contributed by atoms with van der Waals surface area (Å²) in [6, 6.07) is 8.75. The molecule has 2 nitrogen and oxygen atoms in total. The third-order valence-electron chi connectivity index (χ3n) is 2.71. The molecule has 0 fully saturated rings. The van der Waals surface area contributed by atoms with Crippen LogP contribution in [-0.4, -0.2) is 6.04 Å². The first-order chi connectivity index (χ1) is 8.95. The summed E-state index contributed by atoms with van der Waals surface area (Å²) in [7, 11) is 0. The molecule has 0 aliphatic rings. The van der Waals surface area contributed by atoms with Crippen molar-refractivity contribution in [3.63, 3.8) is 0 Å². The average Bonchev–Trinajstić information content (AvgIpc) is 2.81. The minimum absolute atomic E-state index is 0.0721. The van der Waals surface area contributed by atoms with Gasteiger partial charge >= 0.3 is 6.18 Å². The minimum atomic E-state index is -4.29. The van der Waals surface area contributed by atoms with Crippen molar-refractivity contribution in [3.8, 4) is 0 Å². The van der Waals surface area contributed by atoms with Crippen molar-refractivity contribution in [2.24, 2.45) is 0 Å². The SMILES string of the molecule is CC(Cc1ccco1)Nc1ccc(C(F)(F)F)cc1. The molecule has 5 heteroatoms. The van der Waals surface area contributed by atoms with Crippen LogP contribution in [0.3, 0.4) is 0 Å². The maximum Gasteiger partial charge on any atom is 0.416 e. The maximum absolute atomic E-state index is 12.4. The van der Waals surface area contributed by atoms with Crippen molar-refractivity contribution in [2.75, 3.05) is 5.32 Å². The Morgan fingerprint density at radius 3 is 2.37 bits per heavy atom. The van der Waals surface area contributed by atoms with Gasteiger partial charge in [-0.1, -0.05) is 0 Å². The van der Waals surface area contributed by atoms with Gasteiger partial charge in [0.25, 0.3) is 0 Å². The van der Waals surface area contributed by atoms with E-state index in [9.17, 15) is 13.2 Å². The number of furan rings is 1. The molecule has 0 radical (unpaired) electrons. The summed E-state index contributed by atoms with van der Waals surface area (Å²) in [5.74, 6) is 0.840. The molecule has 102 valence electrons. The number of rotatable bonds is 4. The number of hydrogen-bond donors (Lipinski definition) is 1. The van der Waals surface area contributed by atoms with Gasteiger partial charge in [-0.2, -0.15) is 13.2 Å². The first-order valence-corrected chi connectivity index (χ1v) is 5.91. The highest BCUT2D eigenvalue weighted by Gasteiger charge is 2.29. The molecule has 0 saturated carbocycles. The lowest BCUT2D eigenvalue weighted by atomic mass is 10.1. The Balaban J connectivity index is 1.96. The van der Waals surface area contributed by atoms with E-state index in [1.54, 1.807) is 12.3 Å². The highest BCUT2D eigenvalue weighted by Crippen LogP contribution is 2.29. The molecule has 1 atom stereocenters. The second kappa shape index (κ2) is 5.38. The van der Waals surface area contributed by atoms with Gasteiger partial charge < -0.3 is 9.73 Å². The van der Waals surface area contributed by atoms with E-state index >= 15 is 0 Å². The first-order valence-electron chi connectivity index (χ1n) is 5.91. The van der Waals surface area contributed by atoms with Crippen molar-refractivity contribution in [2.45, 2.75) is 25.6 Å². The van der Waals surface area contributed by atoms with Crippen LogP contribution in [0.25, 0.3) is 0 Å². The van der Waals surface area contributed by atoms with Gasteiger partial charge in [0.2, 0.25) is 0 Å². The van der Waals surface area contributed by atoms with Crippen molar-refractivity contribution < 1.29 is 17.6 Å². The molecule has 0 saturated heterocycles. The largest absolute Gasteiger partial charge is 0.469 e. The van der Waals surface area contributed by atoms with Crippen molar-refractivity contribution in [3.05, 3.63) is 54.0 Å². The normalized spacial score (nSPS) is 13.3. The Labute approximate surface area is 109 Å². The molecule has 0 bridgehead atoms. The minimum Gasteiger partial charge on any atom is -0.469 e. The molecule has 19 heavy (non-hydrogen) atoms. The summed E-state index contributed by atoms with van der Waals surface area (Å²) in [4.78, 5) is 0. The lowest BCUT2D eigenvalue weighted by Crippen LogP contribution is -2.17. The number of anilines is 1. The predicted octanol–water partition coefficient (Wildman–Crippen LogP) is 4.34. The van der Waals surface area contributed by atoms with Crippen LogP contribution in [-0.2, 0) is 12.6 Å². The molecule has 2 aromatic rings. The van der Waals surface area contributed by atoms with Crippen molar-refractivity contribution in [1.29, 1.82) is 0 Å². The van der Waals surface area contributed by atoms with E-state index in [1.807, 2.05) is 13.0 Å². The van der Waals surface area contributed by atoms with Crippen LogP contribution in [0.15, 0.2) is 47.1 Å². The van der Waals surface area contributed by atoms with Gasteiger partial charge in [-0.05, 0) is 43.3 Å². The highest BCUT2D eigenvalue weighted by molar-refractivity contribution is 5.46. The number of nitrogens with one attached hydrogen (secondary N) is 1. The Hall–Kier alpha value is -1.91. The fourth-order valence-electron chi connectivity index (χ4n) is 1.82. The van der Waals surface area contributed by atoms with E-state index in [-0.39, 0.29) is 6.04 Å². The average molecular weight is 269 g/mol. The van der Waals surface area contributed by atoms with Crippen LogP contribution in [0.1, 0.15) is 18.2 Å². The van der Waals surface area contributed by atoms with E-state index in [2.05, 4.69) is 5.32 Å². The van der Waals surface area contributed by atoms with Gasteiger partial charge in [0.1, 0.15) is 5.76 Å². The van der Waals surface area contributed by atoms with Gasteiger partial charge in [-0.15, -0.1) is 0 Å². The first kappa shape index (κ1) is 13.5. The zero-order valence-corrected chi connectivity index (χ0v) is 10.4. The Morgan fingerprint density at radius 1 is 1.16 bits per heavy atom. The third-order valence-corrected chi connectivity index (χ3v) is 2.71. The summed E-state index contributed by atoms with van der Waals surface area (Å²) >= 11 is 0. The third kappa shape index (κ3) is 3.77. The predicted molar refractivity (Wildman–Crippen MR) is 66.9 cm³/mol. The van der Waals surface area contributed by atoms with Gasteiger partial charge in [0.15, 0.2) is 0 Å². The summed E-state index contributed by atoms with van der Waals surface area (Å²) in [6.45, 7) is 1.94. The van der Waals surface area contributed by atoms with Gasteiger partial charge in [-0.25, -0.2) is 0 Å². The van der Waals surface area contributed by atoms with Crippen molar-refractivity contribution >= 4 is 5.69 Å². The molecular weight excluding hydrogens is 255 g/mol. The topological polar surface area (TPSA) is 25.2 Å². The second-order valence-corrected chi connectivity index (χ2v) is 4.40. The maximum atomic E-state index is 12.4. The van der Waals surface area contributed by atoms with Gasteiger partial charge in [0.05, 0.1) is 11.8 Å². The zero-order chi connectivity index (χ0) is 13.9. The molecule has 1 aromatic carbocycles. The van der Waals surface area contributed by atoms with E-state index in [0.717, 1.165) is 17.9 Å². The molecule has 2 rings (SSSR count). The standard InChI is InChI=1S/C14H14F3NO/c1-10(9-13-3-2-8-19-13)18-12-6-4-11(5-7-12)14(15,16)17/h2-8,10,18H,9H2,1H3. The molecular formula is C14H14F3NO. The van der Waals surface area contributed by atoms with E-state index in [0.29, 0.717) is 12.1 Å². The smallest absolute Gasteiger partial charge is 0.416 e. The molecule has 0 spiro atoms. The van der Waals surface area contributed by atoms with Crippen molar-refractivity contribution in [1.82, 2.24) is 0 Å². The number of alkyl halides is 3. The number of hydrogen-bond acceptors (Lipinski definition) is 2. The molecule has 1 aromatic heterocycles. The highest BCUT2D eigenvalue weighted by atomic mass is 19.4. The number of benzene rings is 1. The Kier molecular flexibility index (Phi) is 3.83. The monoisotopic (exact) mass is 269 g/mol. The van der Waals surface area contributed by atoms with Crippen LogP contribution in [0.2, 0.25) is 0 Å². The van der Waals surface area contributed by atoms with E-state index in [1.165, 1.54) is 12.1 Å². The molecule has 0 amide bonds. The Bertz CT molecular complexity index is 502. The van der Waals surface area contributed by atoms with Crippen LogP contribution in [0.5, 0.6) is 0 Å². The lowest BCUT2D eigenvalue weighted by molar-refractivity contribution is -0.137. The molecule has 0 aliphatic heterocycles. The number of halogens is 3.